The monoisotopic (exact) mass is 263 g/mol. The summed E-state index contributed by atoms with van der Waals surface area (Å²) in [5, 5.41) is 17.7. The van der Waals surface area contributed by atoms with Crippen LogP contribution < -0.4 is 4.74 Å². The maximum absolute atomic E-state index is 11.8. The minimum absolute atomic E-state index is 0.129. The molecule has 5 nitrogen and oxygen atoms in total. The third-order valence-corrected chi connectivity index (χ3v) is 2.47. The molecule has 0 bridgehead atoms. The number of carbonyl (C=O) groups excluding carboxylic acids is 1. The summed E-state index contributed by atoms with van der Waals surface area (Å²) in [6.45, 7) is 3.18. The fourth-order valence-electron chi connectivity index (χ4n) is 1.62. The van der Waals surface area contributed by atoms with Crippen LogP contribution in [-0.2, 0) is 9.53 Å². The van der Waals surface area contributed by atoms with Gasteiger partial charge in [-0.25, -0.2) is 4.79 Å². The molecule has 0 atom stereocenters. The number of rotatable bonds is 5. The summed E-state index contributed by atoms with van der Waals surface area (Å²) in [5.41, 5.74) is 0.128. The fraction of sp³-hybridized carbons (Fsp3) is 0.286. The van der Waals surface area contributed by atoms with Crippen LogP contribution in [-0.4, -0.2) is 30.5 Å². The first kappa shape index (κ1) is 14.8. The van der Waals surface area contributed by atoms with E-state index >= 15 is 0 Å². The third-order valence-electron chi connectivity index (χ3n) is 2.47. The lowest BCUT2D eigenvalue weighted by Gasteiger charge is -2.12. The van der Waals surface area contributed by atoms with Crippen LogP contribution in [0.15, 0.2) is 35.6 Å². The van der Waals surface area contributed by atoms with Crippen LogP contribution in [0.2, 0.25) is 0 Å². The highest BCUT2D eigenvalue weighted by molar-refractivity contribution is 6.26. The molecule has 0 aliphatic rings. The highest BCUT2D eigenvalue weighted by Gasteiger charge is 2.23. The van der Waals surface area contributed by atoms with Crippen molar-refractivity contribution in [2.75, 3.05) is 13.7 Å². The van der Waals surface area contributed by atoms with Gasteiger partial charge in [0.2, 0.25) is 0 Å². The molecule has 0 heterocycles. The predicted octanol–water partition coefficient (Wildman–Crippen LogP) is 2.46. The number of ether oxygens (including phenoxy) is 2. The molecule has 1 aromatic rings. The maximum atomic E-state index is 11.8. The van der Waals surface area contributed by atoms with Crippen LogP contribution in [0.4, 0.5) is 0 Å². The molecule has 102 valence electrons. The summed E-state index contributed by atoms with van der Waals surface area (Å²) in [7, 11) is 1.48. The van der Waals surface area contributed by atoms with Crippen LogP contribution in [0.5, 0.6) is 5.75 Å². The molecule has 1 rings (SSSR count). The molecule has 0 saturated heterocycles. The largest absolute Gasteiger partial charge is 0.512 e. The summed E-state index contributed by atoms with van der Waals surface area (Å²) in [5.74, 6) is -0.525. The van der Waals surface area contributed by atoms with E-state index in [-0.39, 0.29) is 23.7 Å². The second-order valence-corrected chi connectivity index (χ2v) is 3.76. The number of allylic oxidation sites excluding steroid dienone is 1. The molecule has 0 amide bonds. The van der Waals surface area contributed by atoms with Crippen LogP contribution in [0.25, 0.3) is 0 Å². The average molecular weight is 263 g/mol. The Bertz CT molecular complexity index is 516. The van der Waals surface area contributed by atoms with Crippen molar-refractivity contribution in [2.45, 2.75) is 13.8 Å². The Balaban J connectivity index is 3.22. The molecule has 0 fully saturated rings. The van der Waals surface area contributed by atoms with Crippen molar-refractivity contribution in [1.29, 1.82) is 5.41 Å². The van der Waals surface area contributed by atoms with Gasteiger partial charge in [0.05, 0.1) is 19.4 Å². The number of carbonyl (C=O) groups is 1. The number of aliphatic hydroxyl groups excluding tert-OH is 1. The standard InChI is InChI=1S/C14H17NO4/c1-4-19-14(17)12(9(2)16)13(15)10-7-5-6-8-11(10)18-3/h5-8,15-16H,4H2,1-3H3/b12-9-,15-13?. The van der Waals surface area contributed by atoms with Gasteiger partial charge in [0.15, 0.2) is 0 Å². The minimum atomic E-state index is -0.724. The zero-order valence-electron chi connectivity index (χ0n) is 11.2. The van der Waals surface area contributed by atoms with E-state index in [4.69, 9.17) is 14.9 Å². The van der Waals surface area contributed by atoms with Crippen molar-refractivity contribution in [1.82, 2.24) is 0 Å². The third kappa shape index (κ3) is 3.34. The van der Waals surface area contributed by atoms with E-state index < -0.39 is 5.97 Å². The molecule has 2 N–H and O–H groups in total. The van der Waals surface area contributed by atoms with Gasteiger partial charge in [-0.1, -0.05) is 12.1 Å². The van der Waals surface area contributed by atoms with Gasteiger partial charge in [0.1, 0.15) is 17.1 Å². The zero-order valence-corrected chi connectivity index (χ0v) is 11.2. The van der Waals surface area contributed by atoms with Gasteiger partial charge in [-0.15, -0.1) is 0 Å². The Morgan fingerprint density at radius 2 is 2.00 bits per heavy atom. The molecular formula is C14H17NO4. The van der Waals surface area contributed by atoms with Crippen molar-refractivity contribution < 1.29 is 19.4 Å². The fourth-order valence-corrected chi connectivity index (χ4v) is 1.62. The second kappa shape index (κ2) is 6.58. The molecule has 0 aromatic heterocycles. The van der Waals surface area contributed by atoms with Crippen LogP contribution in [0.1, 0.15) is 19.4 Å². The van der Waals surface area contributed by atoms with E-state index in [1.165, 1.54) is 14.0 Å². The lowest BCUT2D eigenvalue weighted by Crippen LogP contribution is -2.18. The smallest absolute Gasteiger partial charge is 0.343 e. The van der Waals surface area contributed by atoms with Gasteiger partial charge >= 0.3 is 5.97 Å². The first-order chi connectivity index (χ1) is 9.02. The number of nitrogens with one attached hydrogen (secondary N) is 1. The lowest BCUT2D eigenvalue weighted by molar-refractivity contribution is -0.138. The van der Waals surface area contributed by atoms with E-state index in [1.54, 1.807) is 31.2 Å². The summed E-state index contributed by atoms with van der Waals surface area (Å²) < 4.78 is 9.98. The Labute approximate surface area is 112 Å². The second-order valence-electron chi connectivity index (χ2n) is 3.76. The highest BCUT2D eigenvalue weighted by Crippen LogP contribution is 2.22. The molecule has 1 aromatic carbocycles. The first-order valence-electron chi connectivity index (χ1n) is 5.82. The zero-order chi connectivity index (χ0) is 14.4. The van der Waals surface area contributed by atoms with Crippen LogP contribution >= 0.6 is 0 Å². The van der Waals surface area contributed by atoms with Crippen molar-refractivity contribution in [2.24, 2.45) is 0 Å². The van der Waals surface area contributed by atoms with Gasteiger partial charge in [-0.2, -0.15) is 0 Å². The number of para-hydroxylation sites is 1. The molecule has 0 aliphatic heterocycles. The molecule has 5 heteroatoms. The number of methoxy groups -OCH3 is 1. The lowest BCUT2D eigenvalue weighted by atomic mass is 10.0. The van der Waals surface area contributed by atoms with Crippen LogP contribution in [0, 0.1) is 5.41 Å². The first-order valence-corrected chi connectivity index (χ1v) is 5.82. The topological polar surface area (TPSA) is 79.6 Å². The Morgan fingerprint density at radius 3 is 2.53 bits per heavy atom. The number of hydrogen-bond donors (Lipinski definition) is 2. The summed E-state index contributed by atoms with van der Waals surface area (Å²) in [6.07, 6.45) is 0. The van der Waals surface area contributed by atoms with Crippen molar-refractivity contribution in [3.05, 3.63) is 41.2 Å². The predicted molar refractivity (Wildman–Crippen MR) is 71.8 cm³/mol. The van der Waals surface area contributed by atoms with E-state index in [0.717, 1.165) is 0 Å². The summed E-state index contributed by atoms with van der Waals surface area (Å²) in [4.78, 5) is 11.8. The molecule has 0 radical (unpaired) electrons. The summed E-state index contributed by atoms with van der Waals surface area (Å²) in [6, 6.07) is 6.81. The van der Waals surface area contributed by atoms with Crippen molar-refractivity contribution in [3.8, 4) is 5.75 Å². The van der Waals surface area contributed by atoms with Crippen molar-refractivity contribution >= 4 is 11.7 Å². The van der Waals surface area contributed by atoms with Gasteiger partial charge in [0.25, 0.3) is 0 Å². The Hall–Kier alpha value is -2.30. The molecule has 0 saturated carbocycles. The Morgan fingerprint density at radius 1 is 1.37 bits per heavy atom. The number of esters is 1. The van der Waals surface area contributed by atoms with E-state index in [0.29, 0.717) is 11.3 Å². The van der Waals surface area contributed by atoms with E-state index in [9.17, 15) is 9.90 Å². The Kier molecular flexibility index (Phi) is 5.11. The van der Waals surface area contributed by atoms with E-state index in [2.05, 4.69) is 0 Å². The number of benzene rings is 1. The summed E-state index contributed by atoms with van der Waals surface area (Å²) >= 11 is 0. The SMILES string of the molecule is CCOC(=O)/C(C(=N)c1ccccc1OC)=C(/C)O. The van der Waals surface area contributed by atoms with Gasteiger partial charge < -0.3 is 14.6 Å². The molecule has 0 aliphatic carbocycles. The van der Waals surface area contributed by atoms with Gasteiger partial charge in [-0.05, 0) is 26.0 Å². The maximum Gasteiger partial charge on any atom is 0.343 e. The minimum Gasteiger partial charge on any atom is -0.512 e. The highest BCUT2D eigenvalue weighted by atomic mass is 16.5. The molecule has 0 spiro atoms. The normalized spacial score (nSPS) is 11.5. The van der Waals surface area contributed by atoms with Crippen molar-refractivity contribution in [3.63, 3.8) is 0 Å². The van der Waals surface area contributed by atoms with Gasteiger partial charge in [-0.3, -0.25) is 5.41 Å². The van der Waals surface area contributed by atoms with E-state index in [1.807, 2.05) is 0 Å². The molecular weight excluding hydrogens is 246 g/mol. The molecule has 19 heavy (non-hydrogen) atoms. The number of hydrogen-bond acceptors (Lipinski definition) is 5. The number of aliphatic hydroxyl groups is 1. The quantitative estimate of drug-likeness (QED) is 0.370. The average Bonchev–Trinajstić information content (AvgIpc) is 2.38. The molecule has 0 unspecified atom stereocenters. The van der Waals surface area contributed by atoms with Crippen LogP contribution in [0.3, 0.4) is 0 Å². The van der Waals surface area contributed by atoms with Gasteiger partial charge in [0, 0.05) is 5.56 Å².